The summed E-state index contributed by atoms with van der Waals surface area (Å²) >= 11 is 0. The molecule has 1 atom stereocenters. The van der Waals surface area contributed by atoms with Crippen molar-refractivity contribution in [1.82, 2.24) is 24.4 Å². The summed E-state index contributed by atoms with van der Waals surface area (Å²) < 4.78 is 34.2. The van der Waals surface area contributed by atoms with Gasteiger partial charge in [-0.15, -0.1) is 0 Å². The monoisotopic (exact) mass is 425 g/mol. The van der Waals surface area contributed by atoms with E-state index in [0.29, 0.717) is 10.9 Å². The van der Waals surface area contributed by atoms with Gasteiger partial charge in [-0.2, -0.15) is 9.71 Å². The molecule has 0 spiro atoms. The molecule has 10 heteroatoms. The van der Waals surface area contributed by atoms with Gasteiger partial charge in [0.15, 0.2) is 5.82 Å². The summed E-state index contributed by atoms with van der Waals surface area (Å²) in [5, 5.41) is 4.35. The van der Waals surface area contributed by atoms with E-state index in [1.54, 1.807) is 37.3 Å². The molecule has 2 aromatic carbocycles. The predicted octanol–water partition coefficient (Wildman–Crippen LogP) is 2.18. The van der Waals surface area contributed by atoms with Gasteiger partial charge in [0.2, 0.25) is 15.9 Å². The van der Waals surface area contributed by atoms with Crippen molar-refractivity contribution < 1.29 is 12.9 Å². The Kier molecular flexibility index (Phi) is 5.18. The summed E-state index contributed by atoms with van der Waals surface area (Å²) in [7, 11) is -3.75. The van der Waals surface area contributed by atoms with Gasteiger partial charge in [-0.25, -0.2) is 13.4 Å². The van der Waals surface area contributed by atoms with Gasteiger partial charge in [-0.3, -0.25) is 9.36 Å². The van der Waals surface area contributed by atoms with Crippen LogP contribution >= 0.6 is 0 Å². The number of rotatable bonds is 6. The molecular weight excluding hydrogens is 406 g/mol. The summed E-state index contributed by atoms with van der Waals surface area (Å²) in [6.07, 6.45) is 1.42. The third kappa shape index (κ3) is 4.00. The van der Waals surface area contributed by atoms with Crippen molar-refractivity contribution >= 4 is 20.9 Å². The molecule has 2 aromatic heterocycles. The highest BCUT2D eigenvalue weighted by Gasteiger charge is 2.22. The quantitative estimate of drug-likeness (QED) is 0.503. The molecule has 0 bridgehead atoms. The molecule has 1 unspecified atom stereocenters. The van der Waals surface area contributed by atoms with Crippen molar-refractivity contribution in [2.45, 2.75) is 31.3 Å². The Morgan fingerprint density at radius 3 is 2.63 bits per heavy atom. The van der Waals surface area contributed by atoms with Crippen LogP contribution in [0.4, 0.5) is 0 Å². The van der Waals surface area contributed by atoms with Crippen molar-refractivity contribution in [3.63, 3.8) is 0 Å². The average molecular weight is 425 g/mol. The van der Waals surface area contributed by atoms with Gasteiger partial charge in [-0.05, 0) is 38.1 Å². The first-order chi connectivity index (χ1) is 14.3. The number of para-hydroxylation sites is 1. The van der Waals surface area contributed by atoms with Crippen LogP contribution in [0.2, 0.25) is 0 Å². The minimum Gasteiger partial charge on any atom is -0.338 e. The van der Waals surface area contributed by atoms with E-state index in [-0.39, 0.29) is 28.7 Å². The van der Waals surface area contributed by atoms with Crippen molar-refractivity contribution in [1.29, 1.82) is 0 Å². The maximum atomic E-state index is 12.6. The van der Waals surface area contributed by atoms with Crippen molar-refractivity contribution in [3.8, 4) is 0 Å². The third-order valence-corrected chi connectivity index (χ3v) is 6.12. The third-order valence-electron chi connectivity index (χ3n) is 4.56. The lowest BCUT2D eigenvalue weighted by atomic mass is 10.2. The van der Waals surface area contributed by atoms with Gasteiger partial charge >= 0.3 is 0 Å². The Bertz CT molecular complexity index is 1360. The normalized spacial score (nSPS) is 12.9. The van der Waals surface area contributed by atoms with Crippen molar-refractivity contribution in [2.75, 3.05) is 0 Å². The summed E-state index contributed by atoms with van der Waals surface area (Å²) in [6, 6.07) is 12.8. The molecule has 0 radical (unpaired) electrons. The highest BCUT2D eigenvalue weighted by atomic mass is 32.2. The molecule has 30 heavy (non-hydrogen) atoms. The topological polar surface area (TPSA) is 120 Å². The SMILES string of the molecule is Cc1ccc(S(=O)(=O)NC(C)c2nc(Cn3cnc4ccccc4c3=O)no2)cc1. The number of benzene rings is 2. The van der Waals surface area contributed by atoms with E-state index >= 15 is 0 Å². The maximum absolute atomic E-state index is 12.6. The molecule has 0 fully saturated rings. The predicted molar refractivity (Wildman–Crippen MR) is 109 cm³/mol. The van der Waals surface area contributed by atoms with E-state index in [0.717, 1.165) is 5.56 Å². The van der Waals surface area contributed by atoms with Crippen LogP contribution in [-0.2, 0) is 16.6 Å². The van der Waals surface area contributed by atoms with Gasteiger partial charge < -0.3 is 4.52 Å². The molecule has 0 aliphatic heterocycles. The standard InChI is InChI=1S/C20H19N5O4S/c1-13-7-9-15(10-8-13)30(27,28)24-14(2)19-22-18(23-29-19)11-25-12-21-17-6-4-3-5-16(17)20(25)26/h3-10,12,14,24H,11H2,1-2H3. The van der Waals surface area contributed by atoms with Gasteiger partial charge in [0.25, 0.3) is 5.56 Å². The highest BCUT2D eigenvalue weighted by Crippen LogP contribution is 2.16. The highest BCUT2D eigenvalue weighted by molar-refractivity contribution is 7.89. The molecule has 4 rings (SSSR count). The summed E-state index contributed by atoms with van der Waals surface area (Å²) in [6.45, 7) is 3.53. The fourth-order valence-electron chi connectivity index (χ4n) is 2.95. The van der Waals surface area contributed by atoms with Crippen LogP contribution in [0.3, 0.4) is 0 Å². The summed E-state index contributed by atoms with van der Waals surface area (Å²) in [5.41, 5.74) is 1.34. The number of aryl methyl sites for hydroxylation is 1. The molecule has 1 N–H and O–H groups in total. The Morgan fingerprint density at radius 1 is 1.13 bits per heavy atom. The van der Waals surface area contributed by atoms with Crippen molar-refractivity contribution in [2.24, 2.45) is 0 Å². The second-order valence-electron chi connectivity index (χ2n) is 6.90. The van der Waals surface area contributed by atoms with Gasteiger partial charge in [0.1, 0.15) is 0 Å². The number of hydrogen-bond acceptors (Lipinski definition) is 7. The average Bonchev–Trinajstić information content (AvgIpc) is 3.19. The van der Waals surface area contributed by atoms with Crippen LogP contribution in [0.5, 0.6) is 0 Å². The Morgan fingerprint density at radius 2 is 1.87 bits per heavy atom. The molecule has 154 valence electrons. The molecule has 2 heterocycles. The van der Waals surface area contributed by atoms with E-state index in [4.69, 9.17) is 4.52 Å². The van der Waals surface area contributed by atoms with E-state index in [1.165, 1.54) is 23.0 Å². The molecule has 0 aliphatic carbocycles. The Labute approximate surface area is 172 Å². The molecular formula is C20H19N5O4S. The van der Waals surface area contributed by atoms with E-state index < -0.39 is 16.1 Å². The van der Waals surface area contributed by atoms with Gasteiger partial charge in [0, 0.05) is 0 Å². The van der Waals surface area contributed by atoms with Crippen LogP contribution in [-0.4, -0.2) is 28.1 Å². The van der Waals surface area contributed by atoms with Crippen LogP contribution in [0.25, 0.3) is 10.9 Å². The number of nitrogens with one attached hydrogen (secondary N) is 1. The van der Waals surface area contributed by atoms with E-state index in [1.807, 2.05) is 13.0 Å². The number of sulfonamides is 1. The maximum Gasteiger partial charge on any atom is 0.261 e. The van der Waals surface area contributed by atoms with Gasteiger partial charge in [0.05, 0.1) is 34.7 Å². The van der Waals surface area contributed by atoms with Crippen LogP contribution in [0.1, 0.15) is 30.2 Å². The first-order valence-electron chi connectivity index (χ1n) is 9.19. The Balaban J connectivity index is 1.52. The smallest absolute Gasteiger partial charge is 0.261 e. The second kappa shape index (κ2) is 7.81. The number of aromatic nitrogens is 4. The first kappa shape index (κ1) is 19.9. The molecule has 9 nitrogen and oxygen atoms in total. The number of hydrogen-bond donors (Lipinski definition) is 1. The number of nitrogens with zero attached hydrogens (tertiary/aromatic N) is 4. The van der Waals surface area contributed by atoms with E-state index in [2.05, 4.69) is 19.8 Å². The fraction of sp³-hybridized carbons (Fsp3) is 0.200. The zero-order chi connectivity index (χ0) is 21.3. The molecule has 0 saturated carbocycles. The zero-order valence-electron chi connectivity index (χ0n) is 16.3. The fourth-order valence-corrected chi connectivity index (χ4v) is 4.14. The largest absolute Gasteiger partial charge is 0.338 e. The summed E-state index contributed by atoms with van der Waals surface area (Å²) in [5.74, 6) is 0.341. The van der Waals surface area contributed by atoms with Crippen LogP contribution < -0.4 is 10.3 Å². The second-order valence-corrected chi connectivity index (χ2v) is 8.61. The summed E-state index contributed by atoms with van der Waals surface area (Å²) in [4.78, 5) is 21.2. The minimum absolute atomic E-state index is 0.0532. The lowest BCUT2D eigenvalue weighted by Gasteiger charge is -2.10. The zero-order valence-corrected chi connectivity index (χ0v) is 17.1. The lowest BCUT2D eigenvalue weighted by Crippen LogP contribution is -2.27. The first-order valence-corrected chi connectivity index (χ1v) is 10.7. The van der Waals surface area contributed by atoms with Gasteiger partial charge in [-0.1, -0.05) is 35.0 Å². The lowest BCUT2D eigenvalue weighted by molar-refractivity contribution is 0.348. The van der Waals surface area contributed by atoms with Crippen LogP contribution in [0.15, 0.2) is 69.1 Å². The van der Waals surface area contributed by atoms with Crippen molar-refractivity contribution in [3.05, 3.63) is 82.5 Å². The van der Waals surface area contributed by atoms with E-state index in [9.17, 15) is 13.2 Å². The molecule has 0 amide bonds. The molecule has 4 aromatic rings. The molecule has 0 aliphatic rings. The number of fused-ring (bicyclic) bond motifs is 1. The Hall–Kier alpha value is -3.37. The minimum atomic E-state index is -3.75. The van der Waals surface area contributed by atoms with Crippen LogP contribution in [0, 0.1) is 6.92 Å². The molecule has 0 saturated heterocycles.